The smallest absolute Gasteiger partial charge is 0.125 e. The van der Waals surface area contributed by atoms with Crippen molar-refractivity contribution >= 4 is 5.69 Å². The summed E-state index contributed by atoms with van der Waals surface area (Å²) in [5, 5.41) is 0. The summed E-state index contributed by atoms with van der Waals surface area (Å²) in [7, 11) is 0. The summed E-state index contributed by atoms with van der Waals surface area (Å²) in [6.07, 6.45) is 1.14. The zero-order valence-corrected chi connectivity index (χ0v) is 10.1. The fourth-order valence-electron chi connectivity index (χ4n) is 2.27. The summed E-state index contributed by atoms with van der Waals surface area (Å²) in [4.78, 5) is 2.16. The van der Waals surface area contributed by atoms with Crippen LogP contribution in [0.2, 0.25) is 0 Å². The second-order valence-electron chi connectivity index (χ2n) is 4.53. The van der Waals surface area contributed by atoms with Crippen LogP contribution in [0.5, 0.6) is 0 Å². The number of morpholine rings is 1. The molecule has 2 rings (SSSR count). The predicted octanol–water partition coefficient (Wildman–Crippen LogP) is 1.77. The third-order valence-electron chi connectivity index (χ3n) is 2.99. The molecular weight excluding hydrogens is 219 g/mol. The van der Waals surface area contributed by atoms with E-state index in [1.165, 1.54) is 6.07 Å². The Morgan fingerprint density at radius 1 is 1.47 bits per heavy atom. The van der Waals surface area contributed by atoms with Crippen molar-refractivity contribution in [1.82, 2.24) is 0 Å². The van der Waals surface area contributed by atoms with Gasteiger partial charge in [-0.1, -0.05) is 6.07 Å². The van der Waals surface area contributed by atoms with E-state index in [1.807, 2.05) is 13.0 Å². The van der Waals surface area contributed by atoms with Gasteiger partial charge in [-0.2, -0.15) is 0 Å². The fourth-order valence-corrected chi connectivity index (χ4v) is 2.27. The number of halogens is 1. The molecule has 17 heavy (non-hydrogen) atoms. The molecule has 2 unspecified atom stereocenters. The zero-order valence-electron chi connectivity index (χ0n) is 10.1. The first-order valence-corrected chi connectivity index (χ1v) is 6.05. The van der Waals surface area contributed by atoms with Crippen LogP contribution in [0.25, 0.3) is 0 Å². The lowest BCUT2D eigenvalue weighted by molar-refractivity contribution is -0.0183. The summed E-state index contributed by atoms with van der Waals surface area (Å²) in [6.45, 7) is 4.23. The van der Waals surface area contributed by atoms with Crippen molar-refractivity contribution in [3.63, 3.8) is 0 Å². The molecule has 1 saturated heterocycles. The number of nitrogens with two attached hydrogens (primary N) is 1. The molecule has 1 aliphatic heterocycles. The minimum absolute atomic E-state index is 0.145. The van der Waals surface area contributed by atoms with Crippen LogP contribution in [-0.2, 0) is 4.74 Å². The molecule has 0 aliphatic carbocycles. The summed E-state index contributed by atoms with van der Waals surface area (Å²) in [5.74, 6) is -0.197. The number of nitrogens with zero attached hydrogens (tertiary/aromatic N) is 1. The van der Waals surface area contributed by atoms with Crippen LogP contribution in [0.3, 0.4) is 0 Å². The largest absolute Gasteiger partial charge is 0.372 e. The van der Waals surface area contributed by atoms with E-state index in [2.05, 4.69) is 4.90 Å². The third kappa shape index (κ3) is 3.17. The number of benzene rings is 1. The predicted molar refractivity (Wildman–Crippen MR) is 66.6 cm³/mol. The van der Waals surface area contributed by atoms with Crippen LogP contribution in [0.1, 0.15) is 13.3 Å². The van der Waals surface area contributed by atoms with Crippen LogP contribution < -0.4 is 10.6 Å². The third-order valence-corrected chi connectivity index (χ3v) is 2.99. The number of ether oxygens (including phenoxy) is 1. The Morgan fingerprint density at radius 2 is 2.29 bits per heavy atom. The van der Waals surface area contributed by atoms with Crippen molar-refractivity contribution in [3.8, 4) is 0 Å². The molecule has 1 heterocycles. The van der Waals surface area contributed by atoms with E-state index in [9.17, 15) is 4.39 Å². The van der Waals surface area contributed by atoms with Gasteiger partial charge in [-0.25, -0.2) is 4.39 Å². The van der Waals surface area contributed by atoms with Crippen molar-refractivity contribution < 1.29 is 9.13 Å². The van der Waals surface area contributed by atoms with Gasteiger partial charge < -0.3 is 15.4 Å². The van der Waals surface area contributed by atoms with Crippen molar-refractivity contribution in [3.05, 3.63) is 30.1 Å². The van der Waals surface area contributed by atoms with Gasteiger partial charge in [0.05, 0.1) is 12.2 Å². The normalized spacial score (nSPS) is 25.0. The first-order chi connectivity index (χ1) is 8.19. The number of hydrogen-bond donors (Lipinski definition) is 1. The molecular formula is C13H19FN2O. The van der Waals surface area contributed by atoms with E-state index >= 15 is 0 Å². The second-order valence-corrected chi connectivity index (χ2v) is 4.53. The Hall–Kier alpha value is -1.13. The van der Waals surface area contributed by atoms with E-state index in [0.29, 0.717) is 6.54 Å². The Balaban J connectivity index is 2.09. The highest BCUT2D eigenvalue weighted by molar-refractivity contribution is 5.47. The van der Waals surface area contributed by atoms with Crippen LogP contribution in [-0.4, -0.2) is 31.8 Å². The molecule has 1 aliphatic rings. The Kier molecular flexibility index (Phi) is 3.97. The number of rotatable bonds is 3. The molecule has 2 N–H and O–H groups in total. The monoisotopic (exact) mass is 238 g/mol. The van der Waals surface area contributed by atoms with Crippen molar-refractivity contribution in [1.29, 1.82) is 0 Å². The van der Waals surface area contributed by atoms with Gasteiger partial charge in [0.1, 0.15) is 5.82 Å². The maximum atomic E-state index is 13.2. The summed E-state index contributed by atoms with van der Waals surface area (Å²) >= 11 is 0. The molecule has 1 aromatic carbocycles. The maximum Gasteiger partial charge on any atom is 0.125 e. The molecule has 0 bridgehead atoms. The zero-order chi connectivity index (χ0) is 12.3. The minimum Gasteiger partial charge on any atom is -0.372 e. The van der Waals surface area contributed by atoms with E-state index in [0.717, 1.165) is 25.2 Å². The number of hydrogen-bond acceptors (Lipinski definition) is 3. The first-order valence-electron chi connectivity index (χ1n) is 6.05. The Bertz CT molecular complexity index is 372. The molecule has 1 fully saturated rings. The summed E-state index contributed by atoms with van der Waals surface area (Å²) < 4.78 is 19.0. The van der Waals surface area contributed by atoms with Gasteiger partial charge in [-0.15, -0.1) is 0 Å². The molecule has 4 heteroatoms. The Labute approximate surface area is 101 Å². The molecule has 0 aromatic heterocycles. The molecule has 0 amide bonds. The SMILES string of the molecule is CC1CN(c2cccc(F)c2)CC(CCN)O1. The summed E-state index contributed by atoms with van der Waals surface area (Å²) in [6, 6.07) is 6.70. The molecule has 0 saturated carbocycles. The van der Waals surface area contributed by atoms with Crippen molar-refractivity contribution in [2.24, 2.45) is 5.73 Å². The van der Waals surface area contributed by atoms with E-state index in [-0.39, 0.29) is 18.0 Å². The fraction of sp³-hybridized carbons (Fsp3) is 0.538. The summed E-state index contributed by atoms with van der Waals surface area (Å²) in [5.41, 5.74) is 6.47. The van der Waals surface area contributed by atoms with Gasteiger partial charge in [0.2, 0.25) is 0 Å². The van der Waals surface area contributed by atoms with Crippen LogP contribution in [0, 0.1) is 5.82 Å². The second kappa shape index (κ2) is 5.47. The van der Waals surface area contributed by atoms with Gasteiger partial charge >= 0.3 is 0 Å². The maximum absolute atomic E-state index is 13.2. The molecule has 2 atom stereocenters. The van der Waals surface area contributed by atoms with Gasteiger partial charge in [0.15, 0.2) is 0 Å². The van der Waals surface area contributed by atoms with Gasteiger partial charge in [0.25, 0.3) is 0 Å². The lowest BCUT2D eigenvalue weighted by Gasteiger charge is -2.38. The molecule has 94 valence electrons. The lowest BCUT2D eigenvalue weighted by Crippen LogP contribution is -2.47. The highest BCUT2D eigenvalue weighted by atomic mass is 19.1. The highest BCUT2D eigenvalue weighted by Gasteiger charge is 2.24. The molecule has 1 aromatic rings. The van der Waals surface area contributed by atoms with Crippen molar-refractivity contribution in [2.75, 3.05) is 24.5 Å². The molecule has 0 radical (unpaired) electrons. The van der Waals surface area contributed by atoms with Gasteiger partial charge in [-0.05, 0) is 38.1 Å². The average Bonchev–Trinajstić information content (AvgIpc) is 2.28. The lowest BCUT2D eigenvalue weighted by atomic mass is 10.1. The topological polar surface area (TPSA) is 38.5 Å². The number of anilines is 1. The quantitative estimate of drug-likeness (QED) is 0.872. The minimum atomic E-state index is -0.197. The van der Waals surface area contributed by atoms with Crippen LogP contribution in [0.4, 0.5) is 10.1 Å². The van der Waals surface area contributed by atoms with Crippen molar-refractivity contribution in [2.45, 2.75) is 25.6 Å². The first kappa shape index (κ1) is 12.3. The standard InChI is InChI=1S/C13H19FN2O/c1-10-8-16(9-13(17-10)5-6-15)12-4-2-3-11(14)7-12/h2-4,7,10,13H,5-6,8-9,15H2,1H3. The van der Waals surface area contributed by atoms with Crippen LogP contribution >= 0.6 is 0 Å². The highest BCUT2D eigenvalue weighted by Crippen LogP contribution is 2.21. The van der Waals surface area contributed by atoms with Crippen LogP contribution in [0.15, 0.2) is 24.3 Å². The molecule has 0 spiro atoms. The van der Waals surface area contributed by atoms with E-state index in [1.54, 1.807) is 12.1 Å². The molecule has 3 nitrogen and oxygen atoms in total. The van der Waals surface area contributed by atoms with E-state index in [4.69, 9.17) is 10.5 Å². The van der Waals surface area contributed by atoms with Gasteiger partial charge in [-0.3, -0.25) is 0 Å². The Morgan fingerprint density at radius 3 is 3.00 bits per heavy atom. The van der Waals surface area contributed by atoms with Gasteiger partial charge in [0, 0.05) is 18.8 Å². The van der Waals surface area contributed by atoms with E-state index < -0.39 is 0 Å². The average molecular weight is 238 g/mol.